The Morgan fingerprint density at radius 2 is 1.58 bits per heavy atom. The molecule has 0 saturated heterocycles. The van der Waals surface area contributed by atoms with Crippen LogP contribution in [0.1, 0.15) is 66.7 Å². The summed E-state index contributed by atoms with van der Waals surface area (Å²) in [6.07, 6.45) is 6.44. The van der Waals surface area contributed by atoms with Crippen molar-refractivity contribution in [2.24, 2.45) is 5.92 Å². The molecule has 0 aromatic heterocycles. The van der Waals surface area contributed by atoms with Crippen LogP contribution in [0.4, 0.5) is 0 Å². The van der Waals surface area contributed by atoms with Gasteiger partial charge in [0.2, 0.25) is 5.91 Å². The number of nitrogens with one attached hydrogen (secondary N) is 1. The Balaban J connectivity index is 3.57. The first-order valence-electron chi connectivity index (χ1n) is 8.05. The number of unbranched alkanes of at least 4 members (excludes halogenated alkanes) is 3. The smallest absolute Gasteiger partial charge is 0.239 e. The highest BCUT2D eigenvalue weighted by Gasteiger charge is 2.16. The topological polar surface area (TPSA) is 32.3 Å². The summed E-state index contributed by atoms with van der Waals surface area (Å²) in [4.78, 5) is 13.9. The molecule has 3 heteroatoms. The molecule has 0 aliphatic carbocycles. The average Bonchev–Trinajstić information content (AvgIpc) is 2.38. The molecule has 3 nitrogen and oxygen atoms in total. The summed E-state index contributed by atoms with van der Waals surface area (Å²) in [6.45, 7) is 13.2. The van der Waals surface area contributed by atoms with Crippen LogP contribution in [0.3, 0.4) is 0 Å². The Bertz CT molecular complexity index is 225. The normalized spacial score (nSPS) is 12.7. The van der Waals surface area contributed by atoms with Gasteiger partial charge in [0.15, 0.2) is 0 Å². The van der Waals surface area contributed by atoms with Crippen molar-refractivity contribution in [1.82, 2.24) is 10.2 Å². The van der Waals surface area contributed by atoms with Gasteiger partial charge in [0, 0.05) is 13.1 Å². The van der Waals surface area contributed by atoms with Crippen LogP contribution in [-0.2, 0) is 4.79 Å². The number of nitrogens with zero attached hydrogens (tertiary/aromatic N) is 1. The molecular formula is C16H34N2O. The van der Waals surface area contributed by atoms with Gasteiger partial charge < -0.3 is 10.2 Å². The van der Waals surface area contributed by atoms with Gasteiger partial charge in [-0.25, -0.2) is 0 Å². The molecule has 0 aromatic carbocycles. The predicted octanol–water partition coefficient (Wildman–Crippen LogP) is 3.44. The van der Waals surface area contributed by atoms with Crippen molar-refractivity contribution in [1.29, 1.82) is 0 Å². The summed E-state index contributed by atoms with van der Waals surface area (Å²) in [6, 6.07) is -0.0458. The molecule has 0 radical (unpaired) electrons. The first-order valence-corrected chi connectivity index (χ1v) is 8.05. The Kier molecular flexibility index (Phi) is 10.9. The first kappa shape index (κ1) is 18.4. The summed E-state index contributed by atoms with van der Waals surface area (Å²) in [7, 11) is 0. The standard InChI is InChI=1S/C16H34N2O/c1-6-18(7-2)16(19)15(5)17-13-11-9-8-10-12-14(3)4/h14-15,17H,6-13H2,1-5H3. The lowest BCUT2D eigenvalue weighted by molar-refractivity contribution is -0.132. The van der Waals surface area contributed by atoms with Gasteiger partial charge in [-0.2, -0.15) is 0 Å². The summed E-state index contributed by atoms with van der Waals surface area (Å²) in [5.41, 5.74) is 0. The minimum atomic E-state index is -0.0458. The third-order valence-electron chi connectivity index (χ3n) is 3.60. The zero-order valence-corrected chi connectivity index (χ0v) is 13.7. The number of hydrogen-bond acceptors (Lipinski definition) is 2. The second-order valence-electron chi connectivity index (χ2n) is 5.78. The molecule has 1 atom stereocenters. The summed E-state index contributed by atoms with van der Waals surface area (Å²) < 4.78 is 0. The zero-order valence-electron chi connectivity index (χ0n) is 13.7. The zero-order chi connectivity index (χ0) is 14.7. The van der Waals surface area contributed by atoms with E-state index in [0.717, 1.165) is 25.6 Å². The monoisotopic (exact) mass is 270 g/mol. The van der Waals surface area contributed by atoms with E-state index in [9.17, 15) is 4.79 Å². The fourth-order valence-electron chi connectivity index (χ4n) is 2.25. The SMILES string of the molecule is CCN(CC)C(=O)C(C)NCCCCCCC(C)C. The highest BCUT2D eigenvalue weighted by molar-refractivity contribution is 5.81. The minimum absolute atomic E-state index is 0.0458. The molecule has 0 saturated carbocycles. The van der Waals surface area contributed by atoms with E-state index >= 15 is 0 Å². The molecule has 0 spiro atoms. The number of carbonyl (C=O) groups excluding carboxylic acids is 1. The van der Waals surface area contributed by atoms with E-state index in [1.165, 1.54) is 32.1 Å². The summed E-state index contributed by atoms with van der Waals surface area (Å²) in [5.74, 6) is 1.05. The van der Waals surface area contributed by atoms with E-state index < -0.39 is 0 Å². The average molecular weight is 270 g/mol. The molecule has 0 aliphatic rings. The molecule has 1 unspecified atom stereocenters. The van der Waals surface area contributed by atoms with Crippen LogP contribution >= 0.6 is 0 Å². The van der Waals surface area contributed by atoms with Crippen molar-refractivity contribution < 1.29 is 4.79 Å². The minimum Gasteiger partial charge on any atom is -0.342 e. The van der Waals surface area contributed by atoms with E-state index in [-0.39, 0.29) is 11.9 Å². The van der Waals surface area contributed by atoms with Gasteiger partial charge in [0.25, 0.3) is 0 Å². The van der Waals surface area contributed by atoms with E-state index in [2.05, 4.69) is 19.2 Å². The third kappa shape index (κ3) is 9.04. The molecular weight excluding hydrogens is 236 g/mol. The molecule has 0 aliphatic heterocycles. The fourth-order valence-corrected chi connectivity index (χ4v) is 2.25. The maximum Gasteiger partial charge on any atom is 0.239 e. The number of hydrogen-bond donors (Lipinski definition) is 1. The lowest BCUT2D eigenvalue weighted by Crippen LogP contribution is -2.45. The van der Waals surface area contributed by atoms with Crippen molar-refractivity contribution in [2.45, 2.75) is 72.8 Å². The van der Waals surface area contributed by atoms with Gasteiger partial charge >= 0.3 is 0 Å². The maximum absolute atomic E-state index is 12.0. The van der Waals surface area contributed by atoms with Crippen molar-refractivity contribution in [3.05, 3.63) is 0 Å². The van der Waals surface area contributed by atoms with Crippen molar-refractivity contribution in [2.75, 3.05) is 19.6 Å². The Hall–Kier alpha value is -0.570. The number of carbonyl (C=O) groups is 1. The Morgan fingerprint density at radius 3 is 2.11 bits per heavy atom. The Morgan fingerprint density at radius 1 is 1.00 bits per heavy atom. The molecule has 1 N–H and O–H groups in total. The lowest BCUT2D eigenvalue weighted by atomic mass is 10.0. The quantitative estimate of drug-likeness (QED) is 0.583. The highest BCUT2D eigenvalue weighted by atomic mass is 16.2. The van der Waals surface area contributed by atoms with Crippen molar-refractivity contribution in [3.8, 4) is 0 Å². The van der Waals surface area contributed by atoms with Crippen LogP contribution in [0.25, 0.3) is 0 Å². The molecule has 0 bridgehead atoms. The summed E-state index contributed by atoms with van der Waals surface area (Å²) >= 11 is 0. The number of rotatable bonds is 11. The lowest BCUT2D eigenvalue weighted by Gasteiger charge is -2.23. The van der Waals surface area contributed by atoms with Crippen LogP contribution in [0.15, 0.2) is 0 Å². The molecule has 1 amide bonds. The fraction of sp³-hybridized carbons (Fsp3) is 0.938. The van der Waals surface area contributed by atoms with Crippen LogP contribution in [0.2, 0.25) is 0 Å². The second-order valence-corrected chi connectivity index (χ2v) is 5.78. The van der Waals surface area contributed by atoms with Crippen molar-refractivity contribution >= 4 is 5.91 Å². The predicted molar refractivity (Wildman–Crippen MR) is 83.3 cm³/mol. The van der Waals surface area contributed by atoms with Gasteiger partial charge in [-0.3, -0.25) is 4.79 Å². The van der Waals surface area contributed by atoms with Crippen LogP contribution in [-0.4, -0.2) is 36.5 Å². The summed E-state index contributed by atoms with van der Waals surface area (Å²) in [5, 5.41) is 3.34. The second kappa shape index (κ2) is 11.3. The molecule has 114 valence electrons. The van der Waals surface area contributed by atoms with Gasteiger partial charge in [0.1, 0.15) is 0 Å². The van der Waals surface area contributed by atoms with Crippen LogP contribution < -0.4 is 5.32 Å². The first-order chi connectivity index (χ1) is 9.02. The van der Waals surface area contributed by atoms with Crippen LogP contribution in [0.5, 0.6) is 0 Å². The van der Waals surface area contributed by atoms with E-state index in [4.69, 9.17) is 0 Å². The van der Waals surface area contributed by atoms with Gasteiger partial charge in [-0.05, 0) is 39.7 Å². The maximum atomic E-state index is 12.0. The largest absolute Gasteiger partial charge is 0.342 e. The molecule has 0 aromatic rings. The Labute approximate surface area is 120 Å². The van der Waals surface area contributed by atoms with Gasteiger partial charge in [0.05, 0.1) is 6.04 Å². The number of likely N-dealkylation sites (N-methyl/N-ethyl adjacent to an activating group) is 1. The van der Waals surface area contributed by atoms with E-state index in [1.807, 2.05) is 25.7 Å². The molecule has 0 fully saturated rings. The van der Waals surface area contributed by atoms with Gasteiger partial charge in [-0.15, -0.1) is 0 Å². The van der Waals surface area contributed by atoms with Crippen LogP contribution in [0, 0.1) is 5.92 Å². The molecule has 0 rings (SSSR count). The number of amides is 1. The van der Waals surface area contributed by atoms with E-state index in [0.29, 0.717) is 0 Å². The molecule has 0 heterocycles. The van der Waals surface area contributed by atoms with Gasteiger partial charge in [-0.1, -0.05) is 39.5 Å². The van der Waals surface area contributed by atoms with E-state index in [1.54, 1.807) is 0 Å². The highest BCUT2D eigenvalue weighted by Crippen LogP contribution is 2.09. The molecule has 19 heavy (non-hydrogen) atoms. The third-order valence-corrected chi connectivity index (χ3v) is 3.60. The van der Waals surface area contributed by atoms with Crippen molar-refractivity contribution in [3.63, 3.8) is 0 Å².